The van der Waals surface area contributed by atoms with E-state index in [1.807, 2.05) is 0 Å². The number of Topliss-reactive ketones (excluding diaryl/α,β-unsaturated/α-hetero) is 1. The van der Waals surface area contributed by atoms with Crippen LogP contribution in [0.15, 0.2) is 30.3 Å². The predicted octanol–water partition coefficient (Wildman–Crippen LogP) is 1.87. The van der Waals surface area contributed by atoms with E-state index in [0.29, 0.717) is 5.75 Å². The highest BCUT2D eigenvalue weighted by Crippen LogP contribution is 2.53. The number of methoxy groups -OCH3 is 5. The summed E-state index contributed by atoms with van der Waals surface area (Å²) in [7, 11) is 6.21. The maximum atomic E-state index is 14.0. The number of rotatable bonds is 8. The number of cyclic esters (lactones) is 1. The molecule has 2 aromatic rings. The molecular formula is C25H24O12. The fraction of sp³-hybridized carbons (Fsp3) is 0.360. The smallest absolute Gasteiger partial charge is 0.333 e. The molecule has 0 aliphatic carbocycles. The fourth-order valence-electron chi connectivity index (χ4n) is 4.55. The number of hydrogen-bond donors (Lipinski definition) is 0. The molecule has 1 fully saturated rings. The summed E-state index contributed by atoms with van der Waals surface area (Å²) in [5.41, 5.74) is -2.64. The lowest BCUT2D eigenvalue weighted by Gasteiger charge is -2.27. The third-order valence-corrected chi connectivity index (χ3v) is 6.30. The van der Waals surface area contributed by atoms with E-state index in [1.165, 1.54) is 51.7 Å². The van der Waals surface area contributed by atoms with Crippen molar-refractivity contribution in [2.24, 2.45) is 11.3 Å². The number of fused-ring (bicyclic) bond motifs is 1. The summed E-state index contributed by atoms with van der Waals surface area (Å²) >= 11 is 0. The van der Waals surface area contributed by atoms with Gasteiger partial charge in [0.15, 0.2) is 28.8 Å². The Kier molecular flexibility index (Phi) is 6.84. The lowest BCUT2D eigenvalue weighted by Crippen LogP contribution is -2.52. The molecule has 1 unspecified atom stereocenters. The molecule has 0 N–H and O–H groups in total. The third kappa shape index (κ3) is 3.85. The molecule has 196 valence electrons. The summed E-state index contributed by atoms with van der Waals surface area (Å²) in [6.45, 7) is -0.0643. The molecule has 0 bridgehead atoms. The van der Waals surface area contributed by atoms with Crippen molar-refractivity contribution in [2.75, 3.05) is 42.3 Å². The number of carbonyl (C=O) groups is 4. The third-order valence-electron chi connectivity index (χ3n) is 6.30. The Morgan fingerprint density at radius 3 is 2.08 bits per heavy atom. The second-order valence-corrected chi connectivity index (χ2v) is 7.98. The van der Waals surface area contributed by atoms with Crippen molar-refractivity contribution in [1.82, 2.24) is 0 Å². The largest absolute Gasteiger partial charge is 0.493 e. The van der Waals surface area contributed by atoms with Gasteiger partial charge in [-0.15, -0.1) is 0 Å². The molecule has 0 aromatic heterocycles. The van der Waals surface area contributed by atoms with E-state index in [4.69, 9.17) is 37.9 Å². The molecule has 12 heteroatoms. The van der Waals surface area contributed by atoms with Gasteiger partial charge in [-0.1, -0.05) is 0 Å². The van der Waals surface area contributed by atoms with Gasteiger partial charge >= 0.3 is 17.9 Å². The van der Waals surface area contributed by atoms with E-state index >= 15 is 0 Å². The van der Waals surface area contributed by atoms with E-state index in [2.05, 4.69) is 0 Å². The van der Waals surface area contributed by atoms with Crippen molar-refractivity contribution in [3.8, 4) is 28.7 Å². The Bertz CT molecular complexity index is 1240. The number of benzene rings is 2. The van der Waals surface area contributed by atoms with Gasteiger partial charge in [0.25, 0.3) is 0 Å². The van der Waals surface area contributed by atoms with Crippen molar-refractivity contribution in [3.05, 3.63) is 41.5 Å². The highest BCUT2D eigenvalue weighted by Gasteiger charge is 2.71. The van der Waals surface area contributed by atoms with Crippen LogP contribution in [-0.2, 0) is 28.6 Å². The molecule has 0 amide bonds. The Hall–Kier alpha value is -4.48. The molecule has 0 radical (unpaired) electrons. The van der Waals surface area contributed by atoms with Crippen molar-refractivity contribution >= 4 is 23.7 Å². The number of esters is 3. The molecular weight excluding hydrogens is 492 g/mol. The van der Waals surface area contributed by atoms with Gasteiger partial charge in [0.05, 0.1) is 35.5 Å². The first-order chi connectivity index (χ1) is 17.8. The zero-order valence-corrected chi connectivity index (χ0v) is 20.6. The van der Waals surface area contributed by atoms with Gasteiger partial charge in [-0.25, -0.2) is 0 Å². The monoisotopic (exact) mass is 516 g/mol. The minimum atomic E-state index is -2.72. The topological polar surface area (TPSA) is 142 Å². The zero-order valence-electron chi connectivity index (χ0n) is 20.6. The van der Waals surface area contributed by atoms with Crippen LogP contribution in [-0.4, -0.2) is 66.0 Å². The minimum Gasteiger partial charge on any atom is -0.493 e. The summed E-state index contributed by atoms with van der Waals surface area (Å²) in [6.07, 6.45) is -1.45. The van der Waals surface area contributed by atoms with Crippen molar-refractivity contribution in [3.63, 3.8) is 0 Å². The average Bonchev–Trinajstić information content (AvgIpc) is 3.52. The molecule has 1 saturated heterocycles. The molecule has 4 rings (SSSR count). The number of ketones is 1. The molecule has 0 spiro atoms. The molecule has 2 heterocycles. The van der Waals surface area contributed by atoms with Crippen LogP contribution in [0.4, 0.5) is 0 Å². The molecule has 3 atom stereocenters. The van der Waals surface area contributed by atoms with E-state index in [1.54, 1.807) is 0 Å². The summed E-state index contributed by atoms with van der Waals surface area (Å²) < 4.78 is 42.0. The lowest BCUT2D eigenvalue weighted by atomic mass is 9.68. The van der Waals surface area contributed by atoms with Crippen molar-refractivity contribution < 1.29 is 57.1 Å². The second kappa shape index (κ2) is 9.88. The normalized spacial score (nSPS) is 21.6. The van der Waals surface area contributed by atoms with Crippen LogP contribution in [0.5, 0.6) is 28.7 Å². The van der Waals surface area contributed by atoms with E-state index in [0.717, 1.165) is 14.2 Å². The molecule has 2 aliphatic heterocycles. The molecule has 37 heavy (non-hydrogen) atoms. The Morgan fingerprint density at radius 2 is 1.51 bits per heavy atom. The second-order valence-electron chi connectivity index (χ2n) is 7.98. The molecule has 0 saturated carbocycles. The van der Waals surface area contributed by atoms with Gasteiger partial charge < -0.3 is 37.9 Å². The summed E-state index contributed by atoms with van der Waals surface area (Å²) in [5.74, 6) is -5.20. The van der Waals surface area contributed by atoms with Gasteiger partial charge in [0, 0.05) is 11.1 Å². The molecule has 2 aromatic carbocycles. The van der Waals surface area contributed by atoms with E-state index in [9.17, 15) is 19.2 Å². The SMILES string of the molecule is COC(=O)[C@@H]1[C@H](c2cc(OC)c(OC)c(OC)c2)OC(=O)C1(C(=O)OC)C(=O)c1ccc2c(c1)OCO2. The minimum absolute atomic E-state index is 0.0643. The first-order valence-electron chi connectivity index (χ1n) is 10.9. The van der Waals surface area contributed by atoms with Crippen molar-refractivity contribution in [2.45, 2.75) is 6.10 Å². The van der Waals surface area contributed by atoms with Gasteiger partial charge in [0.1, 0.15) is 12.0 Å². The van der Waals surface area contributed by atoms with Gasteiger partial charge in [-0.3, -0.25) is 19.2 Å². The van der Waals surface area contributed by atoms with E-state index in [-0.39, 0.29) is 40.9 Å². The van der Waals surface area contributed by atoms with Crippen LogP contribution >= 0.6 is 0 Å². The van der Waals surface area contributed by atoms with Crippen LogP contribution in [0, 0.1) is 11.3 Å². The fourth-order valence-corrected chi connectivity index (χ4v) is 4.55. The number of ether oxygens (including phenoxy) is 8. The quantitative estimate of drug-likeness (QED) is 0.219. The van der Waals surface area contributed by atoms with Crippen LogP contribution < -0.4 is 23.7 Å². The summed E-state index contributed by atoms with van der Waals surface area (Å²) in [4.78, 5) is 53.9. The van der Waals surface area contributed by atoms with Gasteiger partial charge in [-0.2, -0.15) is 0 Å². The first kappa shape index (κ1) is 25.6. The highest BCUT2D eigenvalue weighted by molar-refractivity contribution is 6.28. The van der Waals surface area contributed by atoms with Crippen LogP contribution in [0.1, 0.15) is 22.0 Å². The standard InChI is InChI=1S/C25H24O12/c1-30-16-9-13(10-17(31-2)20(16)32-3)19-18(22(27)33-4)25(23(28)34-5,24(29)37-19)21(26)12-6-7-14-15(8-12)36-11-35-14/h6-10,18-19H,11H2,1-5H3/t18-,19-,25?/m0/s1. The predicted molar refractivity (Wildman–Crippen MR) is 122 cm³/mol. The number of hydrogen-bond acceptors (Lipinski definition) is 12. The first-order valence-corrected chi connectivity index (χ1v) is 10.9. The average molecular weight is 516 g/mol. The molecule has 12 nitrogen and oxygen atoms in total. The Morgan fingerprint density at radius 1 is 0.865 bits per heavy atom. The number of carbonyl (C=O) groups excluding carboxylic acids is 4. The lowest BCUT2D eigenvalue weighted by molar-refractivity contribution is -0.165. The van der Waals surface area contributed by atoms with Crippen LogP contribution in [0.2, 0.25) is 0 Å². The van der Waals surface area contributed by atoms with Crippen LogP contribution in [0.3, 0.4) is 0 Å². The molecule has 2 aliphatic rings. The maximum Gasteiger partial charge on any atom is 0.333 e. The zero-order chi connectivity index (χ0) is 26.9. The highest BCUT2D eigenvalue weighted by atomic mass is 16.7. The Balaban J connectivity index is 1.92. The van der Waals surface area contributed by atoms with Crippen LogP contribution in [0.25, 0.3) is 0 Å². The van der Waals surface area contributed by atoms with E-state index < -0.39 is 41.1 Å². The van der Waals surface area contributed by atoms with Gasteiger partial charge in [-0.05, 0) is 30.3 Å². The maximum absolute atomic E-state index is 14.0. The van der Waals surface area contributed by atoms with Crippen molar-refractivity contribution in [1.29, 1.82) is 0 Å². The summed E-state index contributed by atoms with van der Waals surface area (Å²) in [5, 5.41) is 0. The summed E-state index contributed by atoms with van der Waals surface area (Å²) in [6, 6.07) is 6.98. The Labute approximate surface area is 211 Å². The van der Waals surface area contributed by atoms with Gasteiger partial charge in [0.2, 0.25) is 18.0 Å².